The van der Waals surface area contributed by atoms with E-state index in [2.05, 4.69) is 17.2 Å². The number of aliphatic hydroxyl groups is 1. The highest BCUT2D eigenvalue weighted by atomic mass is 19.1. The van der Waals surface area contributed by atoms with E-state index in [1.165, 1.54) is 12.3 Å². The number of nitrogens with zero attached hydrogens (tertiary/aromatic N) is 1. The van der Waals surface area contributed by atoms with Crippen LogP contribution in [0.4, 0.5) is 10.1 Å². The number of hydrogen-bond donors (Lipinski definition) is 2. The third kappa shape index (κ3) is 4.25. The van der Waals surface area contributed by atoms with Crippen molar-refractivity contribution in [1.29, 1.82) is 0 Å². The van der Waals surface area contributed by atoms with E-state index in [1.54, 1.807) is 6.07 Å². The lowest BCUT2D eigenvalue weighted by atomic mass is 10.0. The number of pyridine rings is 1. The second-order valence-electron chi connectivity index (χ2n) is 3.53. The molecule has 0 spiro atoms. The number of aromatic nitrogens is 1. The van der Waals surface area contributed by atoms with Crippen LogP contribution in [0.1, 0.15) is 19.8 Å². The zero-order chi connectivity index (χ0) is 11.1. The first-order chi connectivity index (χ1) is 7.26. The van der Waals surface area contributed by atoms with Crippen molar-refractivity contribution >= 4 is 5.69 Å². The summed E-state index contributed by atoms with van der Waals surface area (Å²) in [4.78, 5) is 3.48. The summed E-state index contributed by atoms with van der Waals surface area (Å²) in [5, 5.41) is 11.9. The second kappa shape index (κ2) is 6.35. The lowest BCUT2D eigenvalue weighted by Crippen LogP contribution is -2.15. The van der Waals surface area contributed by atoms with Gasteiger partial charge in [0.2, 0.25) is 5.95 Å². The Bertz CT molecular complexity index is 294. The lowest BCUT2D eigenvalue weighted by Gasteiger charge is -2.14. The van der Waals surface area contributed by atoms with Crippen LogP contribution in [0.25, 0.3) is 0 Å². The van der Waals surface area contributed by atoms with Crippen LogP contribution in [0.3, 0.4) is 0 Å². The highest BCUT2D eigenvalue weighted by Crippen LogP contribution is 2.11. The molecule has 0 fully saturated rings. The van der Waals surface area contributed by atoms with Crippen LogP contribution < -0.4 is 5.32 Å². The molecule has 2 N–H and O–H groups in total. The molecule has 3 nitrogen and oxygen atoms in total. The molecular weight excluding hydrogens is 195 g/mol. The molecule has 0 saturated carbocycles. The molecule has 0 aliphatic carbocycles. The van der Waals surface area contributed by atoms with Crippen LogP contribution in [0.2, 0.25) is 0 Å². The van der Waals surface area contributed by atoms with Gasteiger partial charge in [-0.3, -0.25) is 0 Å². The average Bonchev–Trinajstić information content (AvgIpc) is 2.24. The molecule has 0 bridgehead atoms. The van der Waals surface area contributed by atoms with E-state index in [4.69, 9.17) is 5.11 Å². The lowest BCUT2D eigenvalue weighted by molar-refractivity contribution is 0.258. The Morgan fingerprint density at radius 1 is 1.60 bits per heavy atom. The van der Waals surface area contributed by atoms with E-state index >= 15 is 0 Å². The highest BCUT2D eigenvalue weighted by molar-refractivity contribution is 5.41. The number of anilines is 1. The van der Waals surface area contributed by atoms with Crippen LogP contribution in [-0.4, -0.2) is 23.2 Å². The Morgan fingerprint density at radius 2 is 2.40 bits per heavy atom. The standard InChI is InChI=1S/C11H17FN2O/c1-2-9(4-6-15)8-14-10-3-5-13-11(12)7-10/h3,5,7,9,15H,2,4,6,8H2,1H3,(H,13,14). The SMILES string of the molecule is CCC(CCO)CNc1ccnc(F)c1. The number of rotatable bonds is 6. The predicted octanol–water partition coefficient (Wildman–Crippen LogP) is 2.04. The van der Waals surface area contributed by atoms with E-state index in [0.717, 1.165) is 25.1 Å². The molecule has 84 valence electrons. The molecule has 1 atom stereocenters. The average molecular weight is 212 g/mol. The van der Waals surface area contributed by atoms with Crippen molar-refractivity contribution in [1.82, 2.24) is 4.98 Å². The van der Waals surface area contributed by atoms with Gasteiger partial charge in [0.15, 0.2) is 0 Å². The summed E-state index contributed by atoms with van der Waals surface area (Å²) in [6.07, 6.45) is 3.21. The molecule has 1 heterocycles. The maximum Gasteiger partial charge on any atom is 0.214 e. The first kappa shape index (κ1) is 11.9. The Morgan fingerprint density at radius 3 is 3.00 bits per heavy atom. The van der Waals surface area contributed by atoms with E-state index in [1.807, 2.05) is 0 Å². The van der Waals surface area contributed by atoms with Crippen LogP contribution in [0.5, 0.6) is 0 Å². The summed E-state index contributed by atoms with van der Waals surface area (Å²) in [7, 11) is 0. The molecule has 0 amide bonds. The first-order valence-electron chi connectivity index (χ1n) is 5.22. The zero-order valence-electron chi connectivity index (χ0n) is 8.91. The van der Waals surface area contributed by atoms with Gasteiger partial charge in [0.1, 0.15) is 0 Å². The van der Waals surface area contributed by atoms with Gasteiger partial charge in [-0.2, -0.15) is 4.39 Å². The summed E-state index contributed by atoms with van der Waals surface area (Å²) in [6.45, 7) is 3.03. The molecular formula is C11H17FN2O. The number of aliphatic hydroxyl groups excluding tert-OH is 1. The number of nitrogens with one attached hydrogen (secondary N) is 1. The van der Waals surface area contributed by atoms with E-state index in [9.17, 15) is 4.39 Å². The van der Waals surface area contributed by atoms with Crippen molar-refractivity contribution in [3.05, 3.63) is 24.3 Å². The summed E-state index contributed by atoms with van der Waals surface area (Å²) in [5.41, 5.74) is 0.735. The van der Waals surface area contributed by atoms with Crippen molar-refractivity contribution < 1.29 is 9.50 Å². The third-order valence-corrected chi connectivity index (χ3v) is 2.44. The van der Waals surface area contributed by atoms with Gasteiger partial charge in [0, 0.05) is 31.1 Å². The zero-order valence-corrected chi connectivity index (χ0v) is 8.91. The van der Waals surface area contributed by atoms with Gasteiger partial charge in [-0.25, -0.2) is 4.98 Å². The molecule has 1 rings (SSSR count). The van der Waals surface area contributed by atoms with Crippen molar-refractivity contribution in [2.45, 2.75) is 19.8 Å². The Kier molecular flexibility index (Phi) is 5.04. The van der Waals surface area contributed by atoms with Crippen molar-refractivity contribution in [3.63, 3.8) is 0 Å². The summed E-state index contributed by atoms with van der Waals surface area (Å²) < 4.78 is 12.7. The molecule has 1 aromatic heterocycles. The fraction of sp³-hybridized carbons (Fsp3) is 0.545. The Balaban J connectivity index is 2.41. The van der Waals surface area contributed by atoms with Crippen LogP contribution in [0.15, 0.2) is 18.3 Å². The van der Waals surface area contributed by atoms with E-state index < -0.39 is 5.95 Å². The van der Waals surface area contributed by atoms with Crippen LogP contribution >= 0.6 is 0 Å². The van der Waals surface area contributed by atoms with Crippen LogP contribution in [0, 0.1) is 11.9 Å². The van der Waals surface area contributed by atoms with Gasteiger partial charge in [-0.05, 0) is 18.4 Å². The van der Waals surface area contributed by atoms with Gasteiger partial charge >= 0.3 is 0 Å². The Labute approximate surface area is 89.4 Å². The van der Waals surface area contributed by atoms with Crippen molar-refractivity contribution in [2.75, 3.05) is 18.5 Å². The van der Waals surface area contributed by atoms with Gasteiger partial charge in [-0.15, -0.1) is 0 Å². The number of halogens is 1. The monoisotopic (exact) mass is 212 g/mol. The summed E-state index contributed by atoms with van der Waals surface area (Å²) >= 11 is 0. The maximum absolute atomic E-state index is 12.7. The summed E-state index contributed by atoms with van der Waals surface area (Å²) in [5.74, 6) is -0.0542. The minimum Gasteiger partial charge on any atom is -0.396 e. The topological polar surface area (TPSA) is 45.1 Å². The fourth-order valence-electron chi connectivity index (χ4n) is 1.41. The smallest absolute Gasteiger partial charge is 0.214 e. The minimum atomic E-state index is -0.477. The number of hydrogen-bond acceptors (Lipinski definition) is 3. The normalized spacial score (nSPS) is 12.5. The molecule has 0 radical (unpaired) electrons. The van der Waals surface area contributed by atoms with Crippen LogP contribution in [-0.2, 0) is 0 Å². The quantitative estimate of drug-likeness (QED) is 0.709. The van der Waals surface area contributed by atoms with Gasteiger partial charge in [0.05, 0.1) is 0 Å². The van der Waals surface area contributed by atoms with E-state index in [0.29, 0.717) is 5.92 Å². The first-order valence-corrected chi connectivity index (χ1v) is 5.22. The Hall–Kier alpha value is -1.16. The van der Waals surface area contributed by atoms with Gasteiger partial charge < -0.3 is 10.4 Å². The molecule has 1 unspecified atom stereocenters. The van der Waals surface area contributed by atoms with Crippen molar-refractivity contribution in [2.24, 2.45) is 5.92 Å². The molecule has 15 heavy (non-hydrogen) atoms. The fourth-order valence-corrected chi connectivity index (χ4v) is 1.41. The molecule has 1 aromatic rings. The molecule has 0 aliphatic rings. The third-order valence-electron chi connectivity index (χ3n) is 2.44. The largest absolute Gasteiger partial charge is 0.396 e. The van der Waals surface area contributed by atoms with Crippen molar-refractivity contribution in [3.8, 4) is 0 Å². The molecule has 0 aliphatic heterocycles. The molecule has 4 heteroatoms. The minimum absolute atomic E-state index is 0.199. The molecule has 0 saturated heterocycles. The van der Waals surface area contributed by atoms with E-state index in [-0.39, 0.29) is 6.61 Å². The van der Waals surface area contributed by atoms with Gasteiger partial charge in [0.25, 0.3) is 0 Å². The highest BCUT2D eigenvalue weighted by Gasteiger charge is 2.05. The second-order valence-corrected chi connectivity index (χ2v) is 3.53. The van der Waals surface area contributed by atoms with Gasteiger partial charge in [-0.1, -0.05) is 13.3 Å². The maximum atomic E-state index is 12.7. The predicted molar refractivity (Wildman–Crippen MR) is 58.2 cm³/mol. The molecule has 0 aromatic carbocycles. The summed E-state index contributed by atoms with van der Waals surface area (Å²) in [6, 6.07) is 3.10.